The lowest BCUT2D eigenvalue weighted by Crippen LogP contribution is -2.35. The first kappa shape index (κ1) is 10.6. The molecule has 2 rings (SSSR count). The van der Waals surface area contributed by atoms with E-state index in [4.69, 9.17) is 9.47 Å². The summed E-state index contributed by atoms with van der Waals surface area (Å²) in [5.74, 6) is 0.489. The van der Waals surface area contributed by atoms with Crippen LogP contribution in [0.4, 0.5) is 4.79 Å². The average Bonchev–Trinajstić information content (AvgIpc) is 2.29. The normalized spacial score (nSPS) is 19.8. The number of benzene rings is 1. The van der Waals surface area contributed by atoms with E-state index < -0.39 is 6.09 Å². The minimum absolute atomic E-state index is 0.0873. The quantitative estimate of drug-likeness (QED) is 0.798. The largest absolute Gasteiger partial charge is 0.504 e. The van der Waals surface area contributed by atoms with Crippen LogP contribution in [0.1, 0.15) is 18.0 Å². The highest BCUT2D eigenvalue weighted by molar-refractivity contribution is 5.68. The van der Waals surface area contributed by atoms with Crippen LogP contribution >= 0.6 is 0 Å². The third kappa shape index (κ3) is 2.03. The van der Waals surface area contributed by atoms with Gasteiger partial charge in [0.1, 0.15) is 0 Å². The van der Waals surface area contributed by atoms with Crippen LogP contribution in [0.15, 0.2) is 18.2 Å². The van der Waals surface area contributed by atoms with Gasteiger partial charge < -0.3 is 19.9 Å². The Morgan fingerprint density at radius 1 is 1.56 bits per heavy atom. The van der Waals surface area contributed by atoms with E-state index in [0.29, 0.717) is 18.8 Å². The van der Waals surface area contributed by atoms with Crippen molar-refractivity contribution in [1.29, 1.82) is 0 Å². The molecule has 0 unspecified atom stereocenters. The van der Waals surface area contributed by atoms with Crippen LogP contribution in [-0.2, 0) is 4.74 Å². The van der Waals surface area contributed by atoms with Gasteiger partial charge in [-0.3, -0.25) is 0 Å². The van der Waals surface area contributed by atoms with Crippen LogP contribution in [0.3, 0.4) is 0 Å². The molecule has 1 heterocycles. The second-order valence-electron chi connectivity index (χ2n) is 3.55. The van der Waals surface area contributed by atoms with Gasteiger partial charge in [0.2, 0.25) is 0 Å². The van der Waals surface area contributed by atoms with E-state index >= 15 is 0 Å². The molecular formula is C11H13NO4. The number of carbonyl (C=O) groups excluding carboxylic acids is 1. The van der Waals surface area contributed by atoms with E-state index in [-0.39, 0.29) is 11.8 Å². The predicted molar refractivity (Wildman–Crippen MR) is 56.5 cm³/mol. The molecular weight excluding hydrogens is 210 g/mol. The maximum atomic E-state index is 11.1. The number of ether oxygens (including phenoxy) is 2. The minimum atomic E-state index is -0.414. The molecule has 2 N–H and O–H groups in total. The Morgan fingerprint density at radius 3 is 3.06 bits per heavy atom. The number of phenolic OH excluding ortho intramolecular Hbond substituents is 1. The fourth-order valence-corrected chi connectivity index (χ4v) is 1.69. The van der Waals surface area contributed by atoms with Crippen molar-refractivity contribution in [2.75, 3.05) is 13.7 Å². The Bertz CT molecular complexity index is 405. The lowest BCUT2D eigenvalue weighted by Gasteiger charge is -2.24. The lowest BCUT2D eigenvalue weighted by atomic mass is 10.0. The first-order valence-electron chi connectivity index (χ1n) is 5.01. The van der Waals surface area contributed by atoms with Gasteiger partial charge in [0.15, 0.2) is 11.5 Å². The topological polar surface area (TPSA) is 67.8 Å². The molecule has 0 aliphatic carbocycles. The van der Waals surface area contributed by atoms with Gasteiger partial charge in [0, 0.05) is 6.42 Å². The van der Waals surface area contributed by atoms with E-state index in [9.17, 15) is 9.90 Å². The number of alkyl carbamates (subject to hydrolysis) is 1. The molecule has 1 aliphatic heterocycles. The Morgan fingerprint density at radius 2 is 2.38 bits per heavy atom. The summed E-state index contributed by atoms with van der Waals surface area (Å²) in [4.78, 5) is 11.1. The Kier molecular flexibility index (Phi) is 2.85. The number of carbonyl (C=O) groups is 1. The molecule has 0 bridgehead atoms. The fraction of sp³-hybridized carbons (Fsp3) is 0.364. The van der Waals surface area contributed by atoms with Crippen molar-refractivity contribution in [3.8, 4) is 11.5 Å². The van der Waals surface area contributed by atoms with Gasteiger partial charge in [-0.15, -0.1) is 0 Å². The summed E-state index contributed by atoms with van der Waals surface area (Å²) < 4.78 is 9.79. The number of hydrogen-bond donors (Lipinski definition) is 2. The van der Waals surface area contributed by atoms with Crippen molar-refractivity contribution < 1.29 is 19.4 Å². The number of nitrogens with one attached hydrogen (secondary N) is 1. The summed E-state index contributed by atoms with van der Waals surface area (Å²) in [5, 5.41) is 12.2. The van der Waals surface area contributed by atoms with Crippen LogP contribution in [0.2, 0.25) is 0 Å². The van der Waals surface area contributed by atoms with Gasteiger partial charge in [-0.2, -0.15) is 0 Å². The fourth-order valence-electron chi connectivity index (χ4n) is 1.69. The molecule has 5 nitrogen and oxygen atoms in total. The average molecular weight is 223 g/mol. The van der Waals surface area contributed by atoms with E-state index in [1.165, 1.54) is 7.11 Å². The summed E-state index contributed by atoms with van der Waals surface area (Å²) >= 11 is 0. The summed E-state index contributed by atoms with van der Waals surface area (Å²) in [6, 6.07) is 4.94. The molecule has 0 radical (unpaired) electrons. The van der Waals surface area contributed by atoms with E-state index in [1.54, 1.807) is 18.2 Å². The number of aromatic hydroxyl groups is 1. The van der Waals surface area contributed by atoms with Crippen molar-refractivity contribution in [1.82, 2.24) is 5.32 Å². The van der Waals surface area contributed by atoms with Crippen molar-refractivity contribution in [2.45, 2.75) is 12.5 Å². The molecule has 1 atom stereocenters. The molecule has 0 saturated carbocycles. The summed E-state index contributed by atoms with van der Waals surface area (Å²) in [6.45, 7) is 0.402. The van der Waals surface area contributed by atoms with Crippen molar-refractivity contribution in [2.24, 2.45) is 0 Å². The van der Waals surface area contributed by atoms with E-state index in [2.05, 4.69) is 5.32 Å². The molecule has 1 amide bonds. The molecule has 86 valence electrons. The zero-order chi connectivity index (χ0) is 11.5. The number of rotatable bonds is 2. The molecule has 1 saturated heterocycles. The highest BCUT2D eigenvalue weighted by Gasteiger charge is 2.21. The van der Waals surface area contributed by atoms with E-state index in [1.807, 2.05) is 0 Å². The van der Waals surface area contributed by atoms with Gasteiger partial charge in [0.25, 0.3) is 0 Å². The molecule has 0 spiro atoms. The summed E-state index contributed by atoms with van der Waals surface area (Å²) in [7, 11) is 1.49. The molecule has 1 aliphatic rings. The molecule has 0 aromatic heterocycles. The van der Waals surface area contributed by atoms with Crippen LogP contribution in [0, 0.1) is 0 Å². The highest BCUT2D eigenvalue weighted by Crippen LogP contribution is 2.30. The van der Waals surface area contributed by atoms with Gasteiger partial charge in [-0.1, -0.05) is 6.07 Å². The summed E-state index contributed by atoms with van der Waals surface area (Å²) in [5.41, 5.74) is 0.895. The summed E-state index contributed by atoms with van der Waals surface area (Å²) in [6.07, 6.45) is 0.294. The van der Waals surface area contributed by atoms with Gasteiger partial charge in [0.05, 0.1) is 19.8 Å². The van der Waals surface area contributed by atoms with Crippen molar-refractivity contribution >= 4 is 6.09 Å². The number of hydrogen-bond acceptors (Lipinski definition) is 4. The number of amides is 1. The molecule has 1 aromatic rings. The SMILES string of the molecule is COc1cc([C@@H]2CCOC(=O)N2)ccc1O. The van der Waals surface area contributed by atoms with Gasteiger partial charge >= 0.3 is 6.09 Å². The second kappa shape index (κ2) is 4.30. The van der Waals surface area contributed by atoms with Crippen molar-refractivity contribution in [3.05, 3.63) is 23.8 Å². The van der Waals surface area contributed by atoms with Crippen LogP contribution < -0.4 is 10.1 Å². The minimum Gasteiger partial charge on any atom is -0.504 e. The maximum Gasteiger partial charge on any atom is 0.407 e. The zero-order valence-corrected chi connectivity index (χ0v) is 8.90. The lowest BCUT2D eigenvalue weighted by molar-refractivity contribution is 0.115. The Hall–Kier alpha value is -1.91. The van der Waals surface area contributed by atoms with Crippen LogP contribution in [0.25, 0.3) is 0 Å². The predicted octanol–water partition coefficient (Wildman–Crippen LogP) is 1.57. The Labute approximate surface area is 93.0 Å². The van der Waals surface area contributed by atoms with E-state index in [0.717, 1.165) is 5.56 Å². The maximum absolute atomic E-state index is 11.1. The molecule has 5 heteroatoms. The van der Waals surface area contributed by atoms with Gasteiger partial charge in [-0.25, -0.2) is 4.79 Å². The number of phenols is 1. The molecule has 16 heavy (non-hydrogen) atoms. The highest BCUT2D eigenvalue weighted by atomic mass is 16.5. The molecule has 1 fully saturated rings. The van der Waals surface area contributed by atoms with Crippen molar-refractivity contribution in [3.63, 3.8) is 0 Å². The Balaban J connectivity index is 2.22. The van der Waals surface area contributed by atoms with Crippen LogP contribution in [-0.4, -0.2) is 24.9 Å². The number of methoxy groups -OCH3 is 1. The first-order valence-corrected chi connectivity index (χ1v) is 5.01. The second-order valence-corrected chi connectivity index (χ2v) is 3.55. The van der Waals surface area contributed by atoms with Crippen LogP contribution in [0.5, 0.6) is 11.5 Å². The smallest absolute Gasteiger partial charge is 0.407 e. The molecule has 1 aromatic carbocycles. The zero-order valence-electron chi connectivity index (χ0n) is 8.90. The first-order chi connectivity index (χ1) is 7.70. The standard InChI is InChI=1S/C11H13NO4/c1-15-10-6-7(2-3-9(10)13)8-4-5-16-11(14)12-8/h2-3,6,8,13H,4-5H2,1H3,(H,12,14)/t8-/m0/s1. The number of cyclic esters (lactones) is 1. The third-order valence-electron chi connectivity index (χ3n) is 2.54. The third-order valence-corrected chi connectivity index (χ3v) is 2.54. The van der Waals surface area contributed by atoms with Gasteiger partial charge in [-0.05, 0) is 17.7 Å². The monoisotopic (exact) mass is 223 g/mol.